The van der Waals surface area contributed by atoms with Crippen LogP contribution in [0.2, 0.25) is 0 Å². The van der Waals surface area contributed by atoms with Crippen molar-refractivity contribution < 1.29 is 19.4 Å². The van der Waals surface area contributed by atoms with Crippen LogP contribution in [0.25, 0.3) is 0 Å². The number of nitrogens with zero attached hydrogens (tertiary/aromatic N) is 1. The molecule has 4 atom stereocenters. The maximum absolute atomic E-state index is 11.3. The van der Waals surface area contributed by atoms with Gasteiger partial charge in [-0.15, -0.1) is 6.58 Å². The molecule has 1 aliphatic heterocycles. The number of nitrogens with one attached hydrogen (secondary N) is 1. The number of likely N-dealkylation sites (N-methyl/N-ethyl adjacent to an activating group) is 1. The summed E-state index contributed by atoms with van der Waals surface area (Å²) in [6, 6.07) is 15.4. The lowest BCUT2D eigenvalue weighted by Gasteiger charge is -2.42. The van der Waals surface area contributed by atoms with Crippen molar-refractivity contribution in [2.75, 3.05) is 25.5 Å². The SMILES string of the molecule is C=CCN(C)CC1OC(c2ccc(NC(C)=O)cc2)OC(c2ccc(CO)cc2)C1C. The van der Waals surface area contributed by atoms with Crippen molar-refractivity contribution in [3.8, 4) is 0 Å². The first kappa shape index (κ1) is 23.2. The zero-order chi connectivity index (χ0) is 22.4. The summed E-state index contributed by atoms with van der Waals surface area (Å²) in [5.74, 6) is 0.0191. The maximum Gasteiger partial charge on any atom is 0.221 e. The topological polar surface area (TPSA) is 71.0 Å². The van der Waals surface area contributed by atoms with Crippen LogP contribution in [0.15, 0.2) is 61.2 Å². The number of carbonyl (C=O) groups is 1. The molecule has 0 saturated carbocycles. The Morgan fingerprint density at radius 2 is 1.77 bits per heavy atom. The van der Waals surface area contributed by atoms with Gasteiger partial charge in [0, 0.05) is 37.2 Å². The van der Waals surface area contributed by atoms with Gasteiger partial charge in [0.15, 0.2) is 6.29 Å². The van der Waals surface area contributed by atoms with E-state index in [2.05, 4.69) is 30.8 Å². The zero-order valence-corrected chi connectivity index (χ0v) is 18.5. The lowest BCUT2D eigenvalue weighted by molar-refractivity contribution is -0.275. The number of aliphatic hydroxyl groups is 1. The van der Waals surface area contributed by atoms with Crippen LogP contribution in [0.4, 0.5) is 5.69 Å². The summed E-state index contributed by atoms with van der Waals surface area (Å²) in [5, 5.41) is 12.1. The van der Waals surface area contributed by atoms with E-state index in [9.17, 15) is 9.90 Å². The summed E-state index contributed by atoms with van der Waals surface area (Å²) >= 11 is 0. The number of aliphatic hydroxyl groups excluding tert-OH is 1. The molecule has 0 spiro atoms. The molecule has 1 saturated heterocycles. The molecule has 2 aromatic carbocycles. The van der Waals surface area contributed by atoms with Crippen molar-refractivity contribution in [3.63, 3.8) is 0 Å². The Morgan fingerprint density at radius 1 is 1.13 bits per heavy atom. The molecule has 1 heterocycles. The van der Waals surface area contributed by atoms with Crippen molar-refractivity contribution in [2.45, 2.75) is 39.0 Å². The van der Waals surface area contributed by atoms with Gasteiger partial charge in [-0.2, -0.15) is 0 Å². The van der Waals surface area contributed by atoms with E-state index in [1.54, 1.807) is 0 Å². The van der Waals surface area contributed by atoms with Gasteiger partial charge in [0.2, 0.25) is 5.91 Å². The standard InChI is InChI=1S/C25H32N2O4/c1-5-14-27(4)15-23-17(2)24(20-8-6-19(16-28)7-9-20)31-25(30-23)21-10-12-22(13-11-21)26-18(3)29/h5-13,17,23-25,28H,1,14-16H2,2-4H3,(H,26,29). The third-order valence-electron chi connectivity index (χ3n) is 5.56. The third-order valence-corrected chi connectivity index (χ3v) is 5.56. The minimum absolute atomic E-state index is 0.0166. The van der Waals surface area contributed by atoms with Gasteiger partial charge in [0.1, 0.15) is 0 Å². The smallest absolute Gasteiger partial charge is 0.221 e. The fourth-order valence-corrected chi connectivity index (χ4v) is 3.86. The van der Waals surface area contributed by atoms with E-state index in [0.29, 0.717) is 0 Å². The number of hydrogen-bond donors (Lipinski definition) is 2. The van der Waals surface area contributed by atoms with Gasteiger partial charge < -0.3 is 24.8 Å². The Kier molecular flexibility index (Phi) is 7.98. The van der Waals surface area contributed by atoms with Gasteiger partial charge in [0.05, 0.1) is 18.8 Å². The van der Waals surface area contributed by atoms with Gasteiger partial charge in [0.25, 0.3) is 0 Å². The lowest BCUT2D eigenvalue weighted by Crippen LogP contribution is -2.43. The monoisotopic (exact) mass is 424 g/mol. The van der Waals surface area contributed by atoms with Gasteiger partial charge in [-0.25, -0.2) is 0 Å². The molecule has 31 heavy (non-hydrogen) atoms. The second-order valence-corrected chi connectivity index (χ2v) is 8.14. The molecular weight excluding hydrogens is 392 g/mol. The highest BCUT2D eigenvalue weighted by Gasteiger charge is 2.38. The van der Waals surface area contributed by atoms with Crippen LogP contribution in [-0.2, 0) is 20.9 Å². The number of rotatable bonds is 8. The summed E-state index contributed by atoms with van der Waals surface area (Å²) in [5.41, 5.74) is 3.56. The van der Waals surface area contributed by atoms with Crippen molar-refractivity contribution in [3.05, 3.63) is 77.9 Å². The lowest BCUT2D eigenvalue weighted by atomic mass is 9.90. The summed E-state index contributed by atoms with van der Waals surface area (Å²) in [4.78, 5) is 13.5. The molecule has 6 nitrogen and oxygen atoms in total. The summed E-state index contributed by atoms with van der Waals surface area (Å²) in [6.07, 6.45) is 1.17. The van der Waals surface area contributed by atoms with E-state index in [4.69, 9.17) is 9.47 Å². The average molecular weight is 425 g/mol. The van der Waals surface area contributed by atoms with Crippen molar-refractivity contribution in [1.82, 2.24) is 4.90 Å². The van der Waals surface area contributed by atoms with Crippen molar-refractivity contribution >= 4 is 11.6 Å². The zero-order valence-electron chi connectivity index (χ0n) is 18.5. The number of benzene rings is 2. The first-order valence-electron chi connectivity index (χ1n) is 10.6. The Morgan fingerprint density at radius 3 is 2.35 bits per heavy atom. The van der Waals surface area contributed by atoms with Crippen molar-refractivity contribution in [1.29, 1.82) is 0 Å². The molecule has 2 N–H and O–H groups in total. The normalized spacial score (nSPS) is 23.5. The van der Waals surface area contributed by atoms with Gasteiger partial charge in [-0.3, -0.25) is 4.79 Å². The molecule has 0 radical (unpaired) electrons. The van der Waals surface area contributed by atoms with Crippen LogP contribution >= 0.6 is 0 Å². The van der Waals surface area contributed by atoms with Crippen LogP contribution in [0, 0.1) is 5.92 Å². The Bertz CT molecular complexity index is 866. The molecular formula is C25H32N2O4. The number of hydrogen-bond acceptors (Lipinski definition) is 5. The number of amides is 1. The molecule has 2 aromatic rings. The molecule has 1 fully saturated rings. The first-order valence-corrected chi connectivity index (χ1v) is 10.6. The van der Waals surface area contributed by atoms with E-state index in [1.165, 1.54) is 6.92 Å². The largest absolute Gasteiger partial charge is 0.392 e. The summed E-state index contributed by atoms with van der Waals surface area (Å²) in [6.45, 7) is 9.00. The summed E-state index contributed by atoms with van der Waals surface area (Å²) in [7, 11) is 2.05. The number of anilines is 1. The fourth-order valence-electron chi connectivity index (χ4n) is 3.86. The van der Waals surface area contributed by atoms with Gasteiger partial charge in [-0.1, -0.05) is 49.4 Å². The molecule has 3 rings (SSSR count). The van der Waals surface area contributed by atoms with Crippen molar-refractivity contribution in [2.24, 2.45) is 5.92 Å². The first-order chi connectivity index (χ1) is 14.9. The van der Waals surface area contributed by atoms with Crippen LogP contribution in [0.5, 0.6) is 0 Å². The summed E-state index contributed by atoms with van der Waals surface area (Å²) < 4.78 is 12.8. The minimum atomic E-state index is -0.521. The molecule has 0 aliphatic carbocycles. The quantitative estimate of drug-likeness (QED) is 0.626. The van der Waals surface area contributed by atoms with Crippen LogP contribution in [0.3, 0.4) is 0 Å². The van der Waals surface area contributed by atoms with Gasteiger partial charge >= 0.3 is 0 Å². The fraction of sp³-hybridized carbons (Fsp3) is 0.400. The highest BCUT2D eigenvalue weighted by atomic mass is 16.7. The molecule has 0 aromatic heterocycles. The Balaban J connectivity index is 1.85. The van der Waals surface area contributed by atoms with E-state index in [-0.39, 0.29) is 30.6 Å². The minimum Gasteiger partial charge on any atom is -0.392 e. The van der Waals surface area contributed by atoms with E-state index in [1.807, 2.05) is 54.6 Å². The molecule has 4 unspecified atom stereocenters. The highest BCUT2D eigenvalue weighted by Crippen LogP contribution is 2.41. The van der Waals surface area contributed by atoms with Gasteiger partial charge in [-0.05, 0) is 30.3 Å². The average Bonchev–Trinajstić information content (AvgIpc) is 2.75. The maximum atomic E-state index is 11.3. The van der Waals surface area contributed by atoms with Crippen LogP contribution < -0.4 is 5.32 Å². The molecule has 166 valence electrons. The molecule has 1 amide bonds. The highest BCUT2D eigenvalue weighted by molar-refractivity contribution is 5.88. The number of carbonyl (C=O) groups excluding carboxylic acids is 1. The Labute approximate surface area is 184 Å². The van der Waals surface area contributed by atoms with E-state index >= 15 is 0 Å². The molecule has 0 bridgehead atoms. The second kappa shape index (κ2) is 10.7. The Hall–Kier alpha value is -2.51. The van der Waals surface area contributed by atoms with Crippen LogP contribution in [0.1, 0.15) is 42.9 Å². The molecule has 6 heteroatoms. The third kappa shape index (κ3) is 6.02. The number of ether oxygens (including phenoxy) is 2. The van der Waals surface area contributed by atoms with Crippen LogP contribution in [-0.4, -0.2) is 42.2 Å². The van der Waals surface area contributed by atoms with E-state index in [0.717, 1.165) is 35.5 Å². The second-order valence-electron chi connectivity index (χ2n) is 8.14. The molecule has 1 aliphatic rings. The van der Waals surface area contributed by atoms with E-state index < -0.39 is 6.29 Å². The predicted octanol–water partition coefficient (Wildman–Crippen LogP) is 4.05. The predicted molar refractivity (Wildman–Crippen MR) is 121 cm³/mol.